The standard InChI is InChI=1S/C14H19ClN2O2/c1-10-3-4-11(15)7-12(10)17-13(18)8-16-14(2)5-6-19-9-14/h3-4,7,16H,5-6,8-9H2,1-2H3,(H,17,18). The minimum absolute atomic E-state index is 0.0708. The van der Waals surface area contributed by atoms with Crippen molar-refractivity contribution in [3.05, 3.63) is 28.8 Å². The van der Waals surface area contributed by atoms with Crippen molar-refractivity contribution in [3.63, 3.8) is 0 Å². The summed E-state index contributed by atoms with van der Waals surface area (Å²) >= 11 is 5.92. The van der Waals surface area contributed by atoms with Crippen molar-refractivity contribution in [2.24, 2.45) is 0 Å². The number of hydrogen-bond acceptors (Lipinski definition) is 3. The first-order valence-corrected chi connectivity index (χ1v) is 6.75. The van der Waals surface area contributed by atoms with E-state index in [1.807, 2.05) is 19.1 Å². The molecular weight excluding hydrogens is 264 g/mol. The Morgan fingerprint density at radius 3 is 3.00 bits per heavy atom. The third-order valence-corrected chi connectivity index (χ3v) is 3.60. The van der Waals surface area contributed by atoms with E-state index in [-0.39, 0.29) is 18.0 Å². The zero-order chi connectivity index (χ0) is 13.9. The summed E-state index contributed by atoms with van der Waals surface area (Å²) < 4.78 is 5.33. The molecule has 0 radical (unpaired) electrons. The number of halogens is 1. The lowest BCUT2D eigenvalue weighted by Gasteiger charge is -2.23. The fourth-order valence-corrected chi connectivity index (χ4v) is 2.20. The van der Waals surface area contributed by atoms with Gasteiger partial charge in [0.05, 0.1) is 13.2 Å². The molecule has 5 heteroatoms. The smallest absolute Gasteiger partial charge is 0.238 e. The van der Waals surface area contributed by atoms with Crippen molar-refractivity contribution in [2.45, 2.75) is 25.8 Å². The molecule has 1 aromatic rings. The number of carbonyl (C=O) groups is 1. The molecule has 1 fully saturated rings. The fraction of sp³-hybridized carbons (Fsp3) is 0.500. The van der Waals surface area contributed by atoms with Crippen LogP contribution < -0.4 is 10.6 Å². The van der Waals surface area contributed by atoms with Gasteiger partial charge in [-0.2, -0.15) is 0 Å². The molecule has 1 atom stereocenters. The van der Waals surface area contributed by atoms with Crippen LogP contribution in [0.3, 0.4) is 0 Å². The van der Waals surface area contributed by atoms with Crippen LogP contribution in [-0.2, 0) is 9.53 Å². The highest BCUT2D eigenvalue weighted by molar-refractivity contribution is 6.31. The summed E-state index contributed by atoms with van der Waals surface area (Å²) in [6, 6.07) is 5.45. The molecule has 1 aliphatic rings. The Morgan fingerprint density at radius 1 is 1.53 bits per heavy atom. The van der Waals surface area contributed by atoms with Crippen LogP contribution in [0.1, 0.15) is 18.9 Å². The van der Waals surface area contributed by atoms with E-state index in [1.54, 1.807) is 6.07 Å². The highest BCUT2D eigenvalue weighted by atomic mass is 35.5. The SMILES string of the molecule is Cc1ccc(Cl)cc1NC(=O)CNC1(C)CCOC1. The lowest BCUT2D eigenvalue weighted by Crippen LogP contribution is -2.46. The molecule has 1 saturated heterocycles. The molecule has 104 valence electrons. The number of amides is 1. The molecule has 0 spiro atoms. The maximum Gasteiger partial charge on any atom is 0.238 e. The van der Waals surface area contributed by atoms with Crippen LogP contribution in [0.15, 0.2) is 18.2 Å². The molecule has 0 saturated carbocycles. The van der Waals surface area contributed by atoms with Gasteiger partial charge in [-0.25, -0.2) is 0 Å². The van der Waals surface area contributed by atoms with Gasteiger partial charge in [0.2, 0.25) is 5.91 Å². The van der Waals surface area contributed by atoms with Gasteiger partial charge in [0.15, 0.2) is 0 Å². The van der Waals surface area contributed by atoms with Gasteiger partial charge >= 0.3 is 0 Å². The van der Waals surface area contributed by atoms with Gasteiger partial charge in [0, 0.05) is 22.9 Å². The maximum atomic E-state index is 11.9. The van der Waals surface area contributed by atoms with Crippen LogP contribution in [0.2, 0.25) is 5.02 Å². The predicted molar refractivity (Wildman–Crippen MR) is 76.7 cm³/mol. The Labute approximate surface area is 118 Å². The van der Waals surface area contributed by atoms with Crippen molar-refractivity contribution in [3.8, 4) is 0 Å². The molecule has 19 heavy (non-hydrogen) atoms. The molecule has 1 aromatic carbocycles. The molecule has 2 rings (SSSR count). The summed E-state index contributed by atoms with van der Waals surface area (Å²) in [5, 5.41) is 6.72. The van der Waals surface area contributed by atoms with Crippen molar-refractivity contribution >= 4 is 23.2 Å². The Kier molecular flexibility index (Phi) is 4.45. The Morgan fingerprint density at radius 2 is 2.32 bits per heavy atom. The molecular formula is C14H19ClN2O2. The first-order valence-electron chi connectivity index (χ1n) is 6.37. The zero-order valence-corrected chi connectivity index (χ0v) is 12.0. The minimum Gasteiger partial charge on any atom is -0.379 e. The van der Waals surface area contributed by atoms with E-state index < -0.39 is 0 Å². The topological polar surface area (TPSA) is 50.4 Å². The monoisotopic (exact) mass is 282 g/mol. The number of hydrogen-bond donors (Lipinski definition) is 2. The van der Waals surface area contributed by atoms with E-state index in [9.17, 15) is 4.79 Å². The highest BCUT2D eigenvalue weighted by Gasteiger charge is 2.29. The van der Waals surface area contributed by atoms with E-state index in [0.717, 1.165) is 24.3 Å². The number of aryl methyl sites for hydroxylation is 1. The van der Waals surface area contributed by atoms with Crippen molar-refractivity contribution in [1.29, 1.82) is 0 Å². The average molecular weight is 283 g/mol. The van der Waals surface area contributed by atoms with Crippen LogP contribution in [0.25, 0.3) is 0 Å². The number of carbonyl (C=O) groups excluding carboxylic acids is 1. The van der Waals surface area contributed by atoms with Crippen LogP contribution in [-0.4, -0.2) is 31.2 Å². The second kappa shape index (κ2) is 5.90. The molecule has 1 heterocycles. The van der Waals surface area contributed by atoms with E-state index in [4.69, 9.17) is 16.3 Å². The molecule has 1 aliphatic heterocycles. The van der Waals surface area contributed by atoms with Gasteiger partial charge < -0.3 is 15.4 Å². The van der Waals surface area contributed by atoms with Gasteiger partial charge in [-0.15, -0.1) is 0 Å². The largest absolute Gasteiger partial charge is 0.379 e. The molecule has 4 nitrogen and oxygen atoms in total. The first kappa shape index (κ1) is 14.3. The minimum atomic E-state index is -0.0965. The second-order valence-electron chi connectivity index (χ2n) is 5.22. The van der Waals surface area contributed by atoms with Crippen molar-refractivity contribution in [1.82, 2.24) is 5.32 Å². The normalized spacial score (nSPS) is 22.5. The van der Waals surface area contributed by atoms with Crippen LogP contribution in [0, 0.1) is 6.92 Å². The fourth-order valence-electron chi connectivity index (χ4n) is 2.02. The summed E-state index contributed by atoms with van der Waals surface area (Å²) in [6.45, 7) is 5.67. The lowest BCUT2D eigenvalue weighted by molar-refractivity contribution is -0.115. The lowest BCUT2D eigenvalue weighted by atomic mass is 10.0. The number of benzene rings is 1. The van der Waals surface area contributed by atoms with Crippen LogP contribution in [0.5, 0.6) is 0 Å². The molecule has 0 aliphatic carbocycles. The number of nitrogens with one attached hydrogen (secondary N) is 2. The van der Waals surface area contributed by atoms with E-state index >= 15 is 0 Å². The van der Waals surface area contributed by atoms with Crippen molar-refractivity contribution in [2.75, 3.05) is 25.1 Å². The zero-order valence-electron chi connectivity index (χ0n) is 11.3. The first-order chi connectivity index (χ1) is 8.98. The van der Waals surface area contributed by atoms with Gasteiger partial charge in [-0.1, -0.05) is 17.7 Å². The van der Waals surface area contributed by atoms with E-state index in [0.29, 0.717) is 11.6 Å². The molecule has 0 aromatic heterocycles. The average Bonchev–Trinajstić information content (AvgIpc) is 2.79. The summed E-state index contributed by atoms with van der Waals surface area (Å²) in [6.07, 6.45) is 0.927. The number of rotatable bonds is 4. The van der Waals surface area contributed by atoms with Gasteiger partial charge in [-0.3, -0.25) is 4.79 Å². The third-order valence-electron chi connectivity index (χ3n) is 3.37. The molecule has 2 N–H and O–H groups in total. The Hall–Kier alpha value is -1.10. The van der Waals surface area contributed by atoms with E-state index in [1.165, 1.54) is 0 Å². The quantitative estimate of drug-likeness (QED) is 0.891. The van der Waals surface area contributed by atoms with Gasteiger partial charge in [0.25, 0.3) is 0 Å². The number of anilines is 1. The van der Waals surface area contributed by atoms with E-state index in [2.05, 4.69) is 17.6 Å². The summed E-state index contributed by atoms with van der Waals surface area (Å²) in [5.74, 6) is -0.0708. The molecule has 0 bridgehead atoms. The molecule has 1 unspecified atom stereocenters. The number of ether oxygens (including phenoxy) is 1. The summed E-state index contributed by atoms with van der Waals surface area (Å²) in [4.78, 5) is 11.9. The second-order valence-corrected chi connectivity index (χ2v) is 5.66. The van der Waals surface area contributed by atoms with Gasteiger partial charge in [-0.05, 0) is 38.0 Å². The van der Waals surface area contributed by atoms with Gasteiger partial charge in [0.1, 0.15) is 0 Å². The van der Waals surface area contributed by atoms with Crippen LogP contribution in [0.4, 0.5) is 5.69 Å². The Bertz CT molecular complexity index is 471. The summed E-state index contributed by atoms with van der Waals surface area (Å²) in [5.41, 5.74) is 1.65. The van der Waals surface area contributed by atoms with Crippen molar-refractivity contribution < 1.29 is 9.53 Å². The highest BCUT2D eigenvalue weighted by Crippen LogP contribution is 2.20. The summed E-state index contributed by atoms with van der Waals surface area (Å²) in [7, 11) is 0. The van der Waals surface area contributed by atoms with Crippen LogP contribution >= 0.6 is 11.6 Å². The molecule has 1 amide bonds. The maximum absolute atomic E-state index is 11.9. The predicted octanol–water partition coefficient (Wildman–Crippen LogP) is 2.36. The Balaban J connectivity index is 1.89. The third kappa shape index (κ3) is 3.93.